The first kappa shape index (κ1) is 19.4. The smallest absolute Gasteiger partial charge is 0.277 e. The van der Waals surface area contributed by atoms with Crippen molar-refractivity contribution in [3.63, 3.8) is 0 Å². The monoisotopic (exact) mass is 426 g/mol. The Bertz CT molecular complexity index is 1120. The lowest BCUT2D eigenvalue weighted by Crippen LogP contribution is -2.13. The molecule has 4 rings (SSSR count). The Morgan fingerprint density at radius 3 is 2.90 bits per heavy atom. The SMILES string of the molecule is Cc1cccc(OCc2nnc(SCC(=O)Nc3nc4ccccc4s3)o2)c1C. The molecule has 0 saturated carbocycles. The highest BCUT2D eigenvalue weighted by Crippen LogP contribution is 2.26. The summed E-state index contributed by atoms with van der Waals surface area (Å²) in [7, 11) is 0. The number of aryl methyl sites for hydroxylation is 1. The second-order valence-corrected chi connectivity index (χ2v) is 8.23. The summed E-state index contributed by atoms with van der Waals surface area (Å²) in [6.07, 6.45) is 0. The van der Waals surface area contributed by atoms with Gasteiger partial charge in [0.15, 0.2) is 11.7 Å². The number of thiazole rings is 1. The molecule has 148 valence electrons. The van der Waals surface area contributed by atoms with Gasteiger partial charge in [0.2, 0.25) is 5.91 Å². The van der Waals surface area contributed by atoms with Crippen LogP contribution in [0.1, 0.15) is 17.0 Å². The average Bonchev–Trinajstić information content (AvgIpc) is 3.33. The topological polar surface area (TPSA) is 90.1 Å². The number of carbonyl (C=O) groups excluding carboxylic acids is 1. The number of thioether (sulfide) groups is 1. The lowest BCUT2D eigenvalue weighted by molar-refractivity contribution is -0.113. The fourth-order valence-electron chi connectivity index (χ4n) is 2.58. The Labute approximate surface area is 175 Å². The van der Waals surface area contributed by atoms with E-state index in [1.54, 1.807) is 0 Å². The maximum absolute atomic E-state index is 12.2. The number of anilines is 1. The molecule has 0 unspecified atom stereocenters. The van der Waals surface area contributed by atoms with Gasteiger partial charge in [0.1, 0.15) is 5.75 Å². The van der Waals surface area contributed by atoms with Crippen LogP contribution in [0, 0.1) is 13.8 Å². The van der Waals surface area contributed by atoms with Gasteiger partial charge in [-0.1, -0.05) is 47.4 Å². The first-order valence-corrected chi connectivity index (χ1v) is 10.7. The molecule has 7 nitrogen and oxygen atoms in total. The van der Waals surface area contributed by atoms with Crippen molar-refractivity contribution >= 4 is 44.4 Å². The van der Waals surface area contributed by atoms with Gasteiger partial charge in [-0.3, -0.25) is 4.79 Å². The van der Waals surface area contributed by atoms with Crippen molar-refractivity contribution in [3.8, 4) is 5.75 Å². The van der Waals surface area contributed by atoms with E-state index in [1.807, 2.05) is 56.3 Å². The Hall–Kier alpha value is -2.91. The van der Waals surface area contributed by atoms with Crippen LogP contribution in [0.4, 0.5) is 5.13 Å². The highest BCUT2D eigenvalue weighted by Gasteiger charge is 2.12. The summed E-state index contributed by atoms with van der Waals surface area (Å²) in [6, 6.07) is 13.6. The Balaban J connectivity index is 1.28. The van der Waals surface area contributed by atoms with E-state index in [9.17, 15) is 4.79 Å². The molecule has 0 atom stereocenters. The Kier molecular flexibility index (Phi) is 5.77. The van der Waals surface area contributed by atoms with Crippen LogP contribution in [0.25, 0.3) is 10.2 Å². The molecule has 1 amide bonds. The zero-order valence-electron chi connectivity index (χ0n) is 15.8. The van der Waals surface area contributed by atoms with Gasteiger partial charge in [-0.2, -0.15) is 0 Å². The van der Waals surface area contributed by atoms with E-state index >= 15 is 0 Å². The van der Waals surface area contributed by atoms with Crippen molar-refractivity contribution in [2.24, 2.45) is 0 Å². The van der Waals surface area contributed by atoms with E-state index in [2.05, 4.69) is 20.5 Å². The standard InChI is InChI=1S/C20H18N4O3S2/c1-12-6-5-8-15(13(12)2)26-10-18-23-24-20(27-18)28-11-17(25)22-19-21-14-7-3-4-9-16(14)29-19/h3-9H,10-11H2,1-2H3,(H,21,22,25). The third kappa shape index (κ3) is 4.75. The molecule has 2 aromatic carbocycles. The predicted molar refractivity (Wildman–Crippen MR) is 114 cm³/mol. The summed E-state index contributed by atoms with van der Waals surface area (Å²) >= 11 is 2.61. The van der Waals surface area contributed by atoms with Crippen LogP contribution in [-0.4, -0.2) is 26.8 Å². The lowest BCUT2D eigenvalue weighted by atomic mass is 10.1. The summed E-state index contributed by atoms with van der Waals surface area (Å²) in [6.45, 7) is 4.21. The molecule has 0 radical (unpaired) electrons. The summed E-state index contributed by atoms with van der Waals surface area (Å²) in [5, 5.41) is 11.6. The molecule has 0 fully saturated rings. The molecule has 0 saturated heterocycles. The fourth-order valence-corrected chi connectivity index (χ4v) is 4.05. The van der Waals surface area contributed by atoms with Crippen molar-refractivity contribution < 1.29 is 13.9 Å². The van der Waals surface area contributed by atoms with Gasteiger partial charge in [-0.15, -0.1) is 10.2 Å². The Morgan fingerprint density at radius 1 is 1.17 bits per heavy atom. The van der Waals surface area contributed by atoms with Crippen LogP contribution in [-0.2, 0) is 11.4 Å². The van der Waals surface area contributed by atoms with Crippen LogP contribution in [0.5, 0.6) is 5.75 Å². The largest absolute Gasteiger partial charge is 0.484 e. The molecule has 1 N–H and O–H groups in total. The first-order valence-electron chi connectivity index (χ1n) is 8.88. The molecule has 4 aromatic rings. The van der Waals surface area contributed by atoms with E-state index in [0.717, 1.165) is 27.1 Å². The first-order chi connectivity index (χ1) is 14.1. The maximum atomic E-state index is 12.2. The number of carbonyl (C=O) groups is 1. The molecule has 0 aliphatic carbocycles. The molecule has 9 heteroatoms. The van der Waals surface area contributed by atoms with Crippen LogP contribution in [0.3, 0.4) is 0 Å². The van der Waals surface area contributed by atoms with Crippen LogP contribution in [0.2, 0.25) is 0 Å². The Morgan fingerprint density at radius 2 is 2.03 bits per heavy atom. The number of rotatable bonds is 7. The van der Waals surface area contributed by atoms with Gasteiger partial charge in [-0.05, 0) is 43.2 Å². The van der Waals surface area contributed by atoms with Crippen LogP contribution >= 0.6 is 23.1 Å². The number of hydrogen-bond acceptors (Lipinski definition) is 8. The van der Waals surface area contributed by atoms with Crippen LogP contribution < -0.4 is 10.1 Å². The van der Waals surface area contributed by atoms with E-state index in [1.165, 1.54) is 23.1 Å². The third-order valence-corrected chi connectivity index (χ3v) is 5.99. The number of fused-ring (bicyclic) bond motifs is 1. The minimum atomic E-state index is -0.180. The molecule has 0 spiro atoms. The van der Waals surface area contributed by atoms with Gasteiger partial charge in [0, 0.05) is 0 Å². The number of ether oxygens (including phenoxy) is 1. The minimum absolute atomic E-state index is 0.148. The zero-order valence-corrected chi connectivity index (χ0v) is 17.5. The summed E-state index contributed by atoms with van der Waals surface area (Å²) in [4.78, 5) is 16.6. The van der Waals surface area contributed by atoms with E-state index < -0.39 is 0 Å². The second kappa shape index (κ2) is 8.62. The maximum Gasteiger partial charge on any atom is 0.277 e. The summed E-state index contributed by atoms with van der Waals surface area (Å²) in [5.74, 6) is 1.11. The summed E-state index contributed by atoms with van der Waals surface area (Å²) < 4.78 is 12.3. The number of amides is 1. The van der Waals surface area contributed by atoms with Crippen molar-refractivity contribution in [2.45, 2.75) is 25.7 Å². The van der Waals surface area contributed by atoms with Gasteiger partial charge < -0.3 is 14.5 Å². The number of benzene rings is 2. The zero-order chi connectivity index (χ0) is 20.2. The average molecular weight is 427 g/mol. The predicted octanol–water partition coefficient (Wildman–Crippen LogP) is 4.61. The van der Waals surface area contributed by atoms with Crippen molar-refractivity contribution in [1.29, 1.82) is 0 Å². The van der Waals surface area contributed by atoms with Crippen molar-refractivity contribution in [3.05, 3.63) is 59.5 Å². The quantitative estimate of drug-likeness (QED) is 0.432. The molecule has 0 aliphatic heterocycles. The van der Waals surface area contributed by atoms with E-state index in [-0.39, 0.29) is 18.3 Å². The summed E-state index contributed by atoms with van der Waals surface area (Å²) in [5.41, 5.74) is 3.10. The molecule has 29 heavy (non-hydrogen) atoms. The highest BCUT2D eigenvalue weighted by atomic mass is 32.2. The van der Waals surface area contributed by atoms with Crippen LogP contribution in [0.15, 0.2) is 52.1 Å². The molecule has 2 aromatic heterocycles. The number of para-hydroxylation sites is 1. The van der Waals surface area contributed by atoms with Crippen molar-refractivity contribution in [2.75, 3.05) is 11.1 Å². The number of nitrogens with zero attached hydrogens (tertiary/aromatic N) is 3. The lowest BCUT2D eigenvalue weighted by Gasteiger charge is -2.08. The van der Waals surface area contributed by atoms with Gasteiger partial charge in [0.05, 0.1) is 16.0 Å². The third-order valence-electron chi connectivity index (χ3n) is 4.22. The van der Waals surface area contributed by atoms with Gasteiger partial charge in [-0.25, -0.2) is 4.98 Å². The normalized spacial score (nSPS) is 11.0. The molecule has 2 heterocycles. The minimum Gasteiger partial charge on any atom is -0.484 e. The van der Waals surface area contributed by atoms with E-state index in [4.69, 9.17) is 9.15 Å². The van der Waals surface area contributed by atoms with Gasteiger partial charge in [0.25, 0.3) is 11.1 Å². The molecular weight excluding hydrogens is 408 g/mol. The molecule has 0 bridgehead atoms. The highest BCUT2D eigenvalue weighted by molar-refractivity contribution is 7.99. The molecular formula is C20H18N4O3S2. The van der Waals surface area contributed by atoms with Crippen molar-refractivity contribution in [1.82, 2.24) is 15.2 Å². The van der Waals surface area contributed by atoms with Gasteiger partial charge >= 0.3 is 0 Å². The number of hydrogen-bond donors (Lipinski definition) is 1. The molecule has 0 aliphatic rings. The number of nitrogens with one attached hydrogen (secondary N) is 1. The second-order valence-electron chi connectivity index (χ2n) is 6.27. The fraction of sp³-hybridized carbons (Fsp3) is 0.200. The number of aromatic nitrogens is 3. The van der Waals surface area contributed by atoms with E-state index in [0.29, 0.717) is 16.2 Å².